The minimum atomic E-state index is 0.872. The van der Waals surface area contributed by atoms with Crippen molar-refractivity contribution < 1.29 is 0 Å². The minimum absolute atomic E-state index is 0.872. The first-order chi connectivity index (χ1) is 5.92. The van der Waals surface area contributed by atoms with Gasteiger partial charge in [-0.2, -0.15) is 5.10 Å². The van der Waals surface area contributed by atoms with Gasteiger partial charge in [0.25, 0.3) is 0 Å². The molecule has 2 rings (SSSR count). The lowest BCUT2D eigenvalue weighted by molar-refractivity contribution is 1.02. The maximum Gasteiger partial charge on any atom is 0.111 e. The number of nitrogens with zero attached hydrogens (tertiary/aromatic N) is 3. The van der Waals surface area contributed by atoms with Crippen molar-refractivity contribution in [2.45, 2.75) is 13.3 Å². The average molecular weight is 159 g/mol. The molecule has 0 aromatic carbocycles. The molecule has 0 atom stereocenters. The van der Waals surface area contributed by atoms with Gasteiger partial charge in [0, 0.05) is 11.6 Å². The molecule has 3 nitrogen and oxygen atoms in total. The minimum Gasteiger partial charge on any atom is -0.262 e. The maximum absolute atomic E-state index is 3.99. The molecular weight excluding hydrogens is 150 g/mol. The number of hydrogen-bond donors (Lipinski definition) is 0. The van der Waals surface area contributed by atoms with Gasteiger partial charge in [-0.3, -0.25) is 4.98 Å². The molecule has 2 aromatic rings. The molecule has 0 fully saturated rings. The second-order valence-electron chi connectivity index (χ2n) is 2.62. The zero-order valence-corrected chi connectivity index (χ0v) is 6.86. The number of aryl methyl sites for hydroxylation is 1. The van der Waals surface area contributed by atoms with Crippen molar-refractivity contribution in [1.29, 1.82) is 0 Å². The number of aromatic nitrogens is 3. The van der Waals surface area contributed by atoms with E-state index in [-0.39, 0.29) is 0 Å². The van der Waals surface area contributed by atoms with Crippen LogP contribution in [0.15, 0.2) is 24.7 Å². The van der Waals surface area contributed by atoms with Gasteiger partial charge in [-0.25, -0.2) is 0 Å². The van der Waals surface area contributed by atoms with Crippen LogP contribution in [0.2, 0.25) is 0 Å². The Labute approximate surface area is 70.5 Å². The van der Waals surface area contributed by atoms with Crippen molar-refractivity contribution >= 4 is 10.9 Å². The fourth-order valence-electron chi connectivity index (χ4n) is 1.25. The summed E-state index contributed by atoms with van der Waals surface area (Å²) in [6.07, 6.45) is 6.31. The largest absolute Gasteiger partial charge is 0.262 e. The first kappa shape index (κ1) is 7.16. The Morgan fingerprint density at radius 2 is 2.25 bits per heavy atom. The molecule has 0 amide bonds. The quantitative estimate of drug-likeness (QED) is 0.634. The first-order valence-corrected chi connectivity index (χ1v) is 3.96. The zero-order valence-electron chi connectivity index (χ0n) is 6.86. The van der Waals surface area contributed by atoms with E-state index >= 15 is 0 Å². The average Bonchev–Trinajstić information content (AvgIpc) is 2.17. The SMILES string of the molecule is CCc1cnnc2cnccc12. The monoisotopic (exact) mass is 159 g/mol. The van der Waals surface area contributed by atoms with Gasteiger partial charge >= 0.3 is 0 Å². The van der Waals surface area contributed by atoms with E-state index in [1.54, 1.807) is 12.4 Å². The molecule has 0 saturated heterocycles. The van der Waals surface area contributed by atoms with Crippen molar-refractivity contribution in [1.82, 2.24) is 15.2 Å². The van der Waals surface area contributed by atoms with E-state index in [1.807, 2.05) is 12.3 Å². The summed E-state index contributed by atoms with van der Waals surface area (Å²) >= 11 is 0. The Hall–Kier alpha value is -1.51. The summed E-state index contributed by atoms with van der Waals surface area (Å²) in [5, 5.41) is 9.03. The van der Waals surface area contributed by atoms with Crippen LogP contribution >= 0.6 is 0 Å². The van der Waals surface area contributed by atoms with E-state index in [0.717, 1.165) is 17.3 Å². The van der Waals surface area contributed by atoms with Crippen LogP contribution in [0.3, 0.4) is 0 Å². The Morgan fingerprint density at radius 1 is 1.33 bits per heavy atom. The standard InChI is InChI=1S/C9H9N3/c1-2-7-5-11-12-9-6-10-4-3-8(7)9/h3-6H,2H2,1H3. The van der Waals surface area contributed by atoms with Crippen LogP contribution in [0.5, 0.6) is 0 Å². The highest BCUT2D eigenvalue weighted by Crippen LogP contribution is 2.13. The summed E-state index contributed by atoms with van der Waals surface area (Å²) < 4.78 is 0. The van der Waals surface area contributed by atoms with Gasteiger partial charge in [0.2, 0.25) is 0 Å². The number of pyridine rings is 1. The summed E-state index contributed by atoms with van der Waals surface area (Å²) in [6, 6.07) is 1.98. The van der Waals surface area contributed by atoms with E-state index in [4.69, 9.17) is 0 Å². The fraction of sp³-hybridized carbons (Fsp3) is 0.222. The number of hydrogen-bond acceptors (Lipinski definition) is 3. The molecular formula is C9H9N3. The molecule has 0 aliphatic carbocycles. The second kappa shape index (κ2) is 2.85. The number of fused-ring (bicyclic) bond motifs is 1. The highest BCUT2D eigenvalue weighted by Gasteiger charge is 1.98. The lowest BCUT2D eigenvalue weighted by Crippen LogP contribution is -1.90. The molecule has 0 aliphatic heterocycles. The Balaban J connectivity index is 2.79. The van der Waals surface area contributed by atoms with E-state index < -0.39 is 0 Å². The maximum atomic E-state index is 3.99. The van der Waals surface area contributed by atoms with Crippen LogP contribution in [-0.4, -0.2) is 15.2 Å². The lowest BCUT2D eigenvalue weighted by Gasteiger charge is -1.99. The highest BCUT2D eigenvalue weighted by atomic mass is 15.1. The van der Waals surface area contributed by atoms with Crippen molar-refractivity contribution in [3.05, 3.63) is 30.2 Å². The van der Waals surface area contributed by atoms with Crippen LogP contribution < -0.4 is 0 Å². The van der Waals surface area contributed by atoms with Gasteiger partial charge in [0.1, 0.15) is 5.52 Å². The van der Waals surface area contributed by atoms with E-state index in [9.17, 15) is 0 Å². The third-order valence-corrected chi connectivity index (χ3v) is 1.91. The molecule has 0 radical (unpaired) electrons. The molecule has 2 aromatic heterocycles. The third-order valence-electron chi connectivity index (χ3n) is 1.91. The molecule has 12 heavy (non-hydrogen) atoms. The van der Waals surface area contributed by atoms with Gasteiger partial charge in [0.05, 0.1) is 12.4 Å². The van der Waals surface area contributed by atoms with Gasteiger partial charge in [-0.1, -0.05) is 6.92 Å². The molecule has 0 bridgehead atoms. The van der Waals surface area contributed by atoms with Gasteiger partial charge in [0.15, 0.2) is 0 Å². The molecule has 0 spiro atoms. The zero-order chi connectivity index (χ0) is 8.39. The smallest absolute Gasteiger partial charge is 0.111 e. The summed E-state index contributed by atoms with van der Waals surface area (Å²) in [4.78, 5) is 3.99. The van der Waals surface area contributed by atoms with E-state index in [0.29, 0.717) is 0 Å². The van der Waals surface area contributed by atoms with Crippen molar-refractivity contribution in [3.63, 3.8) is 0 Å². The highest BCUT2D eigenvalue weighted by molar-refractivity contribution is 5.80. The fourth-order valence-corrected chi connectivity index (χ4v) is 1.25. The van der Waals surface area contributed by atoms with Gasteiger partial charge in [-0.05, 0) is 18.1 Å². The van der Waals surface area contributed by atoms with Gasteiger partial charge < -0.3 is 0 Å². The van der Waals surface area contributed by atoms with E-state index in [1.165, 1.54) is 5.56 Å². The third kappa shape index (κ3) is 1.03. The molecule has 3 heteroatoms. The topological polar surface area (TPSA) is 38.7 Å². The predicted octanol–water partition coefficient (Wildman–Crippen LogP) is 1.59. The van der Waals surface area contributed by atoms with Crippen molar-refractivity contribution in [3.8, 4) is 0 Å². The summed E-state index contributed by atoms with van der Waals surface area (Å²) in [6.45, 7) is 2.11. The predicted molar refractivity (Wildman–Crippen MR) is 46.7 cm³/mol. The van der Waals surface area contributed by atoms with Crippen LogP contribution in [0.1, 0.15) is 12.5 Å². The summed E-state index contributed by atoms with van der Waals surface area (Å²) in [7, 11) is 0. The molecule has 60 valence electrons. The molecule has 0 aliphatic rings. The Morgan fingerprint density at radius 3 is 3.08 bits per heavy atom. The van der Waals surface area contributed by atoms with Crippen LogP contribution in [-0.2, 0) is 6.42 Å². The molecule has 0 unspecified atom stereocenters. The van der Waals surface area contributed by atoms with Crippen LogP contribution in [0.4, 0.5) is 0 Å². The van der Waals surface area contributed by atoms with Gasteiger partial charge in [-0.15, -0.1) is 5.10 Å². The number of rotatable bonds is 1. The van der Waals surface area contributed by atoms with Crippen molar-refractivity contribution in [2.75, 3.05) is 0 Å². The van der Waals surface area contributed by atoms with Crippen LogP contribution in [0.25, 0.3) is 10.9 Å². The summed E-state index contributed by atoms with van der Waals surface area (Å²) in [5.74, 6) is 0. The molecule has 0 N–H and O–H groups in total. The van der Waals surface area contributed by atoms with E-state index in [2.05, 4.69) is 22.1 Å². The summed E-state index contributed by atoms with van der Waals surface area (Å²) in [5.41, 5.74) is 2.10. The molecule has 0 saturated carbocycles. The Bertz CT molecular complexity index is 392. The normalized spacial score (nSPS) is 10.4. The molecule has 2 heterocycles. The lowest BCUT2D eigenvalue weighted by atomic mass is 10.1. The Kier molecular flexibility index (Phi) is 1.70. The first-order valence-electron chi connectivity index (χ1n) is 3.96. The van der Waals surface area contributed by atoms with Crippen LogP contribution in [0, 0.1) is 0 Å². The second-order valence-corrected chi connectivity index (χ2v) is 2.62. The van der Waals surface area contributed by atoms with Crippen molar-refractivity contribution in [2.24, 2.45) is 0 Å².